The highest BCUT2D eigenvalue weighted by Gasteiger charge is 2.34. The largest absolute Gasteiger partial charge is 0.383 e. The fraction of sp³-hybridized carbons (Fsp3) is 0.250. The van der Waals surface area contributed by atoms with Crippen molar-refractivity contribution in [3.63, 3.8) is 0 Å². The van der Waals surface area contributed by atoms with Gasteiger partial charge in [0.05, 0.1) is 6.54 Å². The van der Waals surface area contributed by atoms with Crippen LogP contribution in [-0.4, -0.2) is 26.9 Å². The van der Waals surface area contributed by atoms with Crippen LogP contribution in [0.25, 0.3) is 5.65 Å². The van der Waals surface area contributed by atoms with Gasteiger partial charge in [0.2, 0.25) is 0 Å². The van der Waals surface area contributed by atoms with Gasteiger partial charge in [-0.05, 0) is 42.5 Å². The van der Waals surface area contributed by atoms with Crippen LogP contribution in [0.4, 0.5) is 0 Å². The predicted molar refractivity (Wildman–Crippen MR) is 97.1 cm³/mol. The van der Waals surface area contributed by atoms with Gasteiger partial charge in [-0.25, -0.2) is 4.98 Å². The highest BCUT2D eigenvalue weighted by atomic mass is 16.3. The predicted octanol–water partition coefficient (Wildman–Crippen LogP) is 1.65. The van der Waals surface area contributed by atoms with Crippen LogP contribution in [0.15, 0.2) is 59.7 Å². The van der Waals surface area contributed by atoms with E-state index in [9.17, 15) is 14.7 Å². The van der Waals surface area contributed by atoms with Gasteiger partial charge in [0.15, 0.2) is 0 Å². The van der Waals surface area contributed by atoms with Crippen molar-refractivity contribution in [2.75, 3.05) is 6.54 Å². The molecule has 0 bridgehead atoms. The Kier molecular flexibility index (Phi) is 4.05. The highest BCUT2D eigenvalue weighted by molar-refractivity contribution is 5.93. The Hall–Kier alpha value is -2.99. The van der Waals surface area contributed by atoms with Crippen molar-refractivity contribution in [3.05, 3.63) is 81.9 Å². The molecule has 0 aliphatic heterocycles. The molecule has 4 rings (SSSR count). The lowest BCUT2D eigenvalue weighted by atomic mass is 9.79. The molecule has 0 fully saturated rings. The van der Waals surface area contributed by atoms with E-state index in [-0.39, 0.29) is 12.1 Å². The van der Waals surface area contributed by atoms with Crippen molar-refractivity contribution < 1.29 is 9.90 Å². The van der Waals surface area contributed by atoms with Gasteiger partial charge in [-0.15, -0.1) is 0 Å². The summed E-state index contributed by atoms with van der Waals surface area (Å²) in [6.07, 6.45) is 5.20. The summed E-state index contributed by atoms with van der Waals surface area (Å²) in [4.78, 5) is 29.2. The number of aryl methyl sites for hydroxylation is 1. The molecule has 1 unspecified atom stereocenters. The molecule has 2 N–H and O–H groups in total. The van der Waals surface area contributed by atoms with Gasteiger partial charge in [0, 0.05) is 12.4 Å². The number of carbonyl (C=O) groups excluding carboxylic acids is 1. The summed E-state index contributed by atoms with van der Waals surface area (Å²) >= 11 is 0. The maximum Gasteiger partial charge on any atom is 0.270 e. The molecule has 1 atom stereocenters. The number of pyridine rings is 1. The molecule has 6 nitrogen and oxygen atoms in total. The normalized spacial score (nSPS) is 19.1. The second-order valence-corrected chi connectivity index (χ2v) is 6.63. The van der Waals surface area contributed by atoms with Gasteiger partial charge >= 0.3 is 0 Å². The molecule has 6 heteroatoms. The Bertz CT molecular complexity index is 1040. The first-order valence-corrected chi connectivity index (χ1v) is 8.64. The van der Waals surface area contributed by atoms with Gasteiger partial charge in [-0.2, -0.15) is 0 Å². The first-order chi connectivity index (χ1) is 12.6. The molecule has 1 aliphatic rings. The van der Waals surface area contributed by atoms with E-state index in [0.29, 0.717) is 12.1 Å². The minimum Gasteiger partial charge on any atom is -0.383 e. The fourth-order valence-electron chi connectivity index (χ4n) is 3.59. The maximum atomic E-state index is 12.5. The Labute approximate surface area is 150 Å². The molecule has 132 valence electrons. The first-order valence-electron chi connectivity index (χ1n) is 8.64. The third-order valence-electron chi connectivity index (χ3n) is 4.95. The maximum absolute atomic E-state index is 12.5. The molecule has 3 aromatic rings. The number of carbonyl (C=O) groups is 1. The van der Waals surface area contributed by atoms with Gasteiger partial charge in [-0.1, -0.05) is 30.3 Å². The number of nitrogens with one attached hydrogen (secondary N) is 1. The summed E-state index contributed by atoms with van der Waals surface area (Å²) in [7, 11) is 0. The number of rotatable bonds is 3. The summed E-state index contributed by atoms with van der Waals surface area (Å²) in [5.74, 6) is -0.530. The van der Waals surface area contributed by atoms with Gasteiger partial charge in [0.25, 0.3) is 11.5 Å². The molecular formula is C20H19N3O3. The average molecular weight is 349 g/mol. The van der Waals surface area contributed by atoms with E-state index in [1.54, 1.807) is 24.4 Å². The quantitative estimate of drug-likeness (QED) is 0.753. The first kappa shape index (κ1) is 16.5. The number of hydrogen-bond donors (Lipinski definition) is 2. The molecule has 2 aromatic heterocycles. The Morgan fingerprint density at radius 3 is 2.92 bits per heavy atom. The van der Waals surface area contributed by atoms with Crippen molar-refractivity contribution in [1.29, 1.82) is 0 Å². The van der Waals surface area contributed by atoms with Crippen LogP contribution < -0.4 is 10.9 Å². The van der Waals surface area contributed by atoms with Crippen LogP contribution >= 0.6 is 0 Å². The molecular weight excluding hydrogens is 330 g/mol. The molecule has 1 amide bonds. The number of aromatic nitrogens is 2. The topological polar surface area (TPSA) is 83.7 Å². The summed E-state index contributed by atoms with van der Waals surface area (Å²) in [5.41, 5.74) is 0.840. The van der Waals surface area contributed by atoms with E-state index in [2.05, 4.69) is 10.3 Å². The summed E-state index contributed by atoms with van der Waals surface area (Å²) in [6.45, 7) is 0.0553. The minimum absolute atomic E-state index is 0.0404. The molecule has 26 heavy (non-hydrogen) atoms. The zero-order valence-electron chi connectivity index (χ0n) is 14.2. The lowest BCUT2D eigenvalue weighted by Gasteiger charge is -2.34. The number of benzene rings is 1. The zero-order valence-corrected chi connectivity index (χ0v) is 14.2. The van der Waals surface area contributed by atoms with Crippen molar-refractivity contribution in [2.45, 2.75) is 24.9 Å². The molecule has 1 aliphatic carbocycles. The highest BCUT2D eigenvalue weighted by Crippen LogP contribution is 2.34. The van der Waals surface area contributed by atoms with Crippen molar-refractivity contribution in [3.8, 4) is 0 Å². The molecule has 0 radical (unpaired) electrons. The van der Waals surface area contributed by atoms with E-state index in [1.807, 2.05) is 24.3 Å². The number of nitrogens with zero attached hydrogens (tertiary/aromatic N) is 2. The second-order valence-electron chi connectivity index (χ2n) is 6.63. The number of fused-ring (bicyclic) bond motifs is 2. The van der Waals surface area contributed by atoms with E-state index in [0.717, 1.165) is 24.0 Å². The minimum atomic E-state index is -1.12. The fourth-order valence-corrected chi connectivity index (χ4v) is 3.59. The third kappa shape index (κ3) is 2.78. The van der Waals surface area contributed by atoms with Gasteiger partial charge in [-0.3, -0.25) is 14.0 Å². The van der Waals surface area contributed by atoms with Gasteiger partial charge in [0.1, 0.15) is 16.8 Å². The van der Waals surface area contributed by atoms with Gasteiger partial charge < -0.3 is 10.4 Å². The van der Waals surface area contributed by atoms with Crippen molar-refractivity contribution in [2.24, 2.45) is 0 Å². The van der Waals surface area contributed by atoms with E-state index in [1.165, 1.54) is 10.6 Å². The van der Waals surface area contributed by atoms with Crippen LogP contribution in [0, 0.1) is 0 Å². The molecule has 0 saturated carbocycles. The number of aliphatic hydroxyl groups is 1. The number of amides is 1. The van der Waals surface area contributed by atoms with E-state index in [4.69, 9.17) is 0 Å². The standard InChI is InChI=1S/C20H19N3O3/c24-18(15-12-21-17-9-3-4-11-23(17)19(15)25)22-13-20(26)10-5-7-14-6-1-2-8-16(14)20/h1-4,6,8-9,11-12,26H,5,7,10,13H2,(H,22,24). The monoisotopic (exact) mass is 349 g/mol. The smallest absolute Gasteiger partial charge is 0.270 e. The van der Waals surface area contributed by atoms with E-state index >= 15 is 0 Å². The molecule has 1 aromatic carbocycles. The molecule has 0 spiro atoms. The van der Waals surface area contributed by atoms with Crippen LogP contribution in [-0.2, 0) is 12.0 Å². The lowest BCUT2D eigenvalue weighted by molar-refractivity contribution is 0.0189. The Morgan fingerprint density at radius 2 is 2.04 bits per heavy atom. The molecule has 2 heterocycles. The SMILES string of the molecule is O=C(NCC1(O)CCCc2ccccc21)c1cnc2ccccn2c1=O. The molecule has 0 saturated heterocycles. The number of hydrogen-bond acceptors (Lipinski definition) is 4. The Balaban J connectivity index is 1.59. The second kappa shape index (κ2) is 6.38. The van der Waals surface area contributed by atoms with E-state index < -0.39 is 17.1 Å². The van der Waals surface area contributed by atoms with Crippen LogP contribution in [0.1, 0.15) is 34.3 Å². The average Bonchev–Trinajstić information content (AvgIpc) is 2.67. The summed E-state index contributed by atoms with van der Waals surface area (Å²) in [5, 5.41) is 13.8. The van der Waals surface area contributed by atoms with Crippen molar-refractivity contribution in [1.82, 2.24) is 14.7 Å². The lowest BCUT2D eigenvalue weighted by Crippen LogP contribution is -2.44. The third-order valence-corrected chi connectivity index (χ3v) is 4.95. The van der Waals surface area contributed by atoms with Crippen molar-refractivity contribution >= 4 is 11.6 Å². The van der Waals surface area contributed by atoms with Crippen LogP contribution in [0.2, 0.25) is 0 Å². The van der Waals surface area contributed by atoms with Crippen LogP contribution in [0.5, 0.6) is 0 Å². The Morgan fingerprint density at radius 1 is 1.23 bits per heavy atom. The van der Waals surface area contributed by atoms with Crippen LogP contribution in [0.3, 0.4) is 0 Å². The zero-order chi connectivity index (χ0) is 18.1. The summed E-state index contributed by atoms with van der Waals surface area (Å²) in [6, 6.07) is 12.9. The summed E-state index contributed by atoms with van der Waals surface area (Å²) < 4.78 is 1.33.